The highest BCUT2D eigenvalue weighted by Gasteiger charge is 2.15. The zero-order valence-electron chi connectivity index (χ0n) is 9.28. The van der Waals surface area contributed by atoms with Crippen molar-refractivity contribution in [1.29, 1.82) is 0 Å². The van der Waals surface area contributed by atoms with Gasteiger partial charge in [0.2, 0.25) is 0 Å². The second-order valence-corrected chi connectivity index (χ2v) is 4.06. The molecule has 1 aromatic carbocycles. The van der Waals surface area contributed by atoms with Gasteiger partial charge in [-0.1, -0.05) is 0 Å². The first-order valence-corrected chi connectivity index (χ1v) is 5.54. The fourth-order valence-corrected chi connectivity index (χ4v) is 1.87. The van der Waals surface area contributed by atoms with E-state index in [9.17, 15) is 9.18 Å². The summed E-state index contributed by atoms with van der Waals surface area (Å²) >= 11 is 0. The monoisotopic (exact) mass is 239 g/mol. The number of rotatable bonds is 3. The Bertz CT molecular complexity index is 416. The van der Waals surface area contributed by atoms with E-state index in [1.807, 2.05) is 0 Å². The van der Waals surface area contributed by atoms with E-state index in [-0.39, 0.29) is 11.6 Å². The van der Waals surface area contributed by atoms with Crippen LogP contribution in [0.25, 0.3) is 0 Å². The molecule has 2 rings (SSSR count). The number of carboxylic acids is 1. The standard InChI is InChI=1S/C12H14FNO3/c13-11-6-8(3-4-10(11)12(15)16)14-9-2-1-5-17-7-9/h3-4,6,9,14H,1-2,5,7H2,(H,15,16). The fraction of sp³-hybridized carbons (Fsp3) is 0.417. The minimum Gasteiger partial charge on any atom is -0.478 e. The summed E-state index contributed by atoms with van der Waals surface area (Å²) in [5.74, 6) is -1.98. The second kappa shape index (κ2) is 5.14. The molecule has 0 saturated carbocycles. The Balaban J connectivity index is 2.06. The molecule has 1 saturated heterocycles. The quantitative estimate of drug-likeness (QED) is 0.848. The van der Waals surface area contributed by atoms with Gasteiger partial charge in [-0.2, -0.15) is 0 Å². The molecule has 5 heteroatoms. The van der Waals surface area contributed by atoms with Crippen LogP contribution in [0.1, 0.15) is 23.2 Å². The first-order valence-electron chi connectivity index (χ1n) is 5.54. The van der Waals surface area contributed by atoms with Gasteiger partial charge < -0.3 is 15.2 Å². The Hall–Kier alpha value is -1.62. The maximum absolute atomic E-state index is 13.4. The number of benzene rings is 1. The van der Waals surface area contributed by atoms with Gasteiger partial charge in [0, 0.05) is 18.3 Å². The predicted octanol–water partition coefficient (Wildman–Crippen LogP) is 2.11. The van der Waals surface area contributed by atoms with Crippen LogP contribution < -0.4 is 5.32 Å². The third kappa shape index (κ3) is 2.94. The van der Waals surface area contributed by atoms with E-state index in [1.54, 1.807) is 6.07 Å². The zero-order chi connectivity index (χ0) is 12.3. The second-order valence-electron chi connectivity index (χ2n) is 4.06. The summed E-state index contributed by atoms with van der Waals surface area (Å²) < 4.78 is 18.7. The molecule has 0 spiro atoms. The number of hydrogen-bond acceptors (Lipinski definition) is 3. The molecule has 1 atom stereocenters. The van der Waals surface area contributed by atoms with E-state index in [4.69, 9.17) is 9.84 Å². The van der Waals surface area contributed by atoms with Crippen molar-refractivity contribution in [3.8, 4) is 0 Å². The lowest BCUT2D eigenvalue weighted by atomic mass is 10.1. The molecule has 2 N–H and O–H groups in total. The Kier molecular flexibility index (Phi) is 3.58. The smallest absolute Gasteiger partial charge is 0.338 e. The van der Waals surface area contributed by atoms with E-state index in [0.717, 1.165) is 19.4 Å². The molecule has 0 bridgehead atoms. The maximum atomic E-state index is 13.4. The molecule has 1 aromatic rings. The topological polar surface area (TPSA) is 58.6 Å². The molecule has 0 aliphatic carbocycles. The number of carbonyl (C=O) groups is 1. The van der Waals surface area contributed by atoms with Gasteiger partial charge >= 0.3 is 5.97 Å². The van der Waals surface area contributed by atoms with Crippen LogP contribution in [0.5, 0.6) is 0 Å². The van der Waals surface area contributed by atoms with Crippen molar-refractivity contribution in [2.45, 2.75) is 18.9 Å². The molecule has 17 heavy (non-hydrogen) atoms. The van der Waals surface area contributed by atoms with Crippen molar-refractivity contribution in [2.75, 3.05) is 18.5 Å². The van der Waals surface area contributed by atoms with E-state index < -0.39 is 11.8 Å². The highest BCUT2D eigenvalue weighted by molar-refractivity contribution is 5.88. The Morgan fingerprint density at radius 3 is 2.94 bits per heavy atom. The minimum absolute atomic E-state index is 0.166. The van der Waals surface area contributed by atoms with Crippen molar-refractivity contribution in [3.05, 3.63) is 29.6 Å². The molecule has 92 valence electrons. The van der Waals surface area contributed by atoms with Gasteiger partial charge in [0.05, 0.1) is 12.2 Å². The van der Waals surface area contributed by atoms with E-state index in [0.29, 0.717) is 12.3 Å². The summed E-state index contributed by atoms with van der Waals surface area (Å²) in [6.45, 7) is 1.37. The van der Waals surface area contributed by atoms with Crippen molar-refractivity contribution in [1.82, 2.24) is 0 Å². The number of hydrogen-bond donors (Lipinski definition) is 2. The normalized spacial score (nSPS) is 19.9. The van der Waals surface area contributed by atoms with Gasteiger partial charge in [-0.3, -0.25) is 0 Å². The summed E-state index contributed by atoms with van der Waals surface area (Å²) in [6.07, 6.45) is 1.95. The van der Waals surface area contributed by atoms with Crippen LogP contribution in [0.4, 0.5) is 10.1 Å². The fourth-order valence-electron chi connectivity index (χ4n) is 1.87. The molecule has 4 nitrogen and oxygen atoms in total. The largest absolute Gasteiger partial charge is 0.478 e. The molecular formula is C12H14FNO3. The van der Waals surface area contributed by atoms with Gasteiger partial charge in [0.1, 0.15) is 5.82 Å². The summed E-state index contributed by atoms with van der Waals surface area (Å²) in [7, 11) is 0. The molecule has 1 unspecified atom stereocenters. The maximum Gasteiger partial charge on any atom is 0.338 e. The average Bonchev–Trinajstić information content (AvgIpc) is 2.30. The van der Waals surface area contributed by atoms with Gasteiger partial charge in [-0.25, -0.2) is 9.18 Å². The van der Waals surface area contributed by atoms with Gasteiger partial charge in [0.15, 0.2) is 0 Å². The molecular weight excluding hydrogens is 225 g/mol. The molecule has 0 amide bonds. The Morgan fingerprint density at radius 2 is 2.35 bits per heavy atom. The zero-order valence-corrected chi connectivity index (χ0v) is 9.28. The predicted molar refractivity (Wildman–Crippen MR) is 60.8 cm³/mol. The lowest BCUT2D eigenvalue weighted by Crippen LogP contribution is -2.30. The lowest BCUT2D eigenvalue weighted by molar-refractivity contribution is 0.0692. The first kappa shape index (κ1) is 11.9. The van der Waals surface area contributed by atoms with Crippen molar-refractivity contribution < 1.29 is 19.0 Å². The van der Waals surface area contributed by atoms with Gasteiger partial charge in [0.25, 0.3) is 0 Å². The molecule has 0 aromatic heterocycles. The van der Waals surface area contributed by atoms with E-state index in [1.165, 1.54) is 12.1 Å². The number of anilines is 1. The lowest BCUT2D eigenvalue weighted by Gasteiger charge is -2.24. The van der Waals surface area contributed by atoms with Gasteiger partial charge in [-0.15, -0.1) is 0 Å². The van der Waals surface area contributed by atoms with Crippen LogP contribution in [0, 0.1) is 5.82 Å². The number of aromatic carboxylic acids is 1. The first-order chi connectivity index (χ1) is 8.16. The summed E-state index contributed by atoms with van der Waals surface area (Å²) in [4.78, 5) is 10.6. The van der Waals surface area contributed by atoms with Crippen LogP contribution in [0.15, 0.2) is 18.2 Å². The third-order valence-electron chi connectivity index (χ3n) is 2.73. The number of halogens is 1. The summed E-state index contributed by atoms with van der Waals surface area (Å²) in [6, 6.07) is 4.21. The van der Waals surface area contributed by atoms with Gasteiger partial charge in [-0.05, 0) is 31.0 Å². The molecule has 1 heterocycles. The minimum atomic E-state index is -1.25. The number of nitrogens with one attached hydrogen (secondary N) is 1. The van der Waals surface area contributed by atoms with Crippen molar-refractivity contribution >= 4 is 11.7 Å². The van der Waals surface area contributed by atoms with Crippen LogP contribution in [0.2, 0.25) is 0 Å². The van der Waals surface area contributed by atoms with Crippen LogP contribution in [-0.4, -0.2) is 30.3 Å². The molecule has 1 aliphatic heterocycles. The third-order valence-corrected chi connectivity index (χ3v) is 2.73. The molecule has 1 fully saturated rings. The SMILES string of the molecule is O=C(O)c1ccc(NC2CCCOC2)cc1F. The number of carboxylic acid groups (broad SMARTS) is 1. The average molecular weight is 239 g/mol. The Labute approximate surface area is 98.4 Å². The van der Waals surface area contributed by atoms with Crippen LogP contribution in [-0.2, 0) is 4.74 Å². The van der Waals surface area contributed by atoms with Crippen molar-refractivity contribution in [3.63, 3.8) is 0 Å². The van der Waals surface area contributed by atoms with E-state index in [2.05, 4.69) is 5.32 Å². The van der Waals surface area contributed by atoms with Crippen LogP contribution in [0.3, 0.4) is 0 Å². The molecule has 1 aliphatic rings. The van der Waals surface area contributed by atoms with Crippen LogP contribution >= 0.6 is 0 Å². The van der Waals surface area contributed by atoms with Crippen molar-refractivity contribution in [2.24, 2.45) is 0 Å². The summed E-state index contributed by atoms with van der Waals surface area (Å²) in [5.41, 5.74) is 0.276. The Morgan fingerprint density at radius 1 is 1.53 bits per heavy atom. The highest BCUT2D eigenvalue weighted by Crippen LogP contribution is 2.18. The molecule has 0 radical (unpaired) electrons. The number of ether oxygens (including phenoxy) is 1. The highest BCUT2D eigenvalue weighted by atomic mass is 19.1. The van der Waals surface area contributed by atoms with E-state index >= 15 is 0 Å². The summed E-state index contributed by atoms with van der Waals surface area (Å²) in [5, 5.41) is 11.8.